The van der Waals surface area contributed by atoms with E-state index in [0.717, 1.165) is 34.5 Å². The lowest BCUT2D eigenvalue weighted by Crippen LogP contribution is -2.16. The van der Waals surface area contributed by atoms with Gasteiger partial charge in [0.1, 0.15) is 18.0 Å². The number of rotatable bonds is 2. The molecule has 5 rings (SSSR count). The van der Waals surface area contributed by atoms with Crippen molar-refractivity contribution in [2.24, 2.45) is 0 Å². The van der Waals surface area contributed by atoms with Crippen LogP contribution in [0.4, 0.5) is 30.5 Å². The van der Waals surface area contributed by atoms with E-state index in [2.05, 4.69) is 15.0 Å². The maximum absolute atomic E-state index is 12.8. The summed E-state index contributed by atoms with van der Waals surface area (Å²) >= 11 is 0. The molecule has 0 spiro atoms. The van der Waals surface area contributed by atoms with Crippen molar-refractivity contribution in [2.75, 3.05) is 4.90 Å². The highest BCUT2D eigenvalue weighted by atomic mass is 19.4. The van der Waals surface area contributed by atoms with Crippen LogP contribution in [0, 0.1) is 0 Å². The van der Waals surface area contributed by atoms with Crippen LogP contribution in [0.3, 0.4) is 0 Å². The van der Waals surface area contributed by atoms with Crippen LogP contribution in [0.2, 0.25) is 0 Å². The number of alkyl halides is 3. The predicted molar refractivity (Wildman–Crippen MR) is 96.0 cm³/mol. The number of aromatic nitrogens is 3. The lowest BCUT2D eigenvalue weighted by molar-refractivity contribution is -0.137. The summed E-state index contributed by atoms with van der Waals surface area (Å²) in [5, 5.41) is 1.07. The summed E-state index contributed by atoms with van der Waals surface area (Å²) in [7, 11) is 0. The van der Waals surface area contributed by atoms with E-state index in [9.17, 15) is 13.2 Å². The van der Waals surface area contributed by atoms with Gasteiger partial charge in [-0.25, -0.2) is 15.0 Å². The molecule has 1 aliphatic heterocycles. The third-order valence-electron chi connectivity index (χ3n) is 4.54. The molecule has 4 nitrogen and oxygen atoms in total. The fourth-order valence-electron chi connectivity index (χ4n) is 3.20. The molecule has 0 saturated carbocycles. The zero-order valence-electron chi connectivity index (χ0n) is 13.8. The summed E-state index contributed by atoms with van der Waals surface area (Å²) in [4.78, 5) is 15.0. The van der Waals surface area contributed by atoms with E-state index in [4.69, 9.17) is 0 Å². The van der Waals surface area contributed by atoms with Crippen LogP contribution in [-0.2, 0) is 6.18 Å². The average Bonchev–Trinajstić information content (AvgIpc) is 2.66. The molecule has 27 heavy (non-hydrogen) atoms. The number of fused-ring (bicyclic) bond motifs is 2. The number of benzene rings is 2. The highest BCUT2D eigenvalue weighted by Crippen LogP contribution is 2.39. The summed E-state index contributed by atoms with van der Waals surface area (Å²) in [6, 6.07) is 16.5. The predicted octanol–water partition coefficient (Wildman–Crippen LogP) is 5.49. The Balaban J connectivity index is 1.55. The third kappa shape index (κ3) is 2.59. The fourth-order valence-corrected chi connectivity index (χ4v) is 3.20. The van der Waals surface area contributed by atoms with Gasteiger partial charge in [0.2, 0.25) is 0 Å². The number of anilines is 3. The zero-order valence-corrected chi connectivity index (χ0v) is 13.8. The van der Waals surface area contributed by atoms with E-state index in [1.54, 1.807) is 6.07 Å². The Hall–Kier alpha value is -3.48. The van der Waals surface area contributed by atoms with Crippen molar-refractivity contribution in [3.8, 4) is 11.3 Å². The summed E-state index contributed by atoms with van der Waals surface area (Å²) in [6.07, 6.45) is -2.96. The molecule has 2 aromatic carbocycles. The van der Waals surface area contributed by atoms with Gasteiger partial charge >= 0.3 is 6.18 Å². The molecule has 2 aromatic heterocycles. The molecule has 0 saturated heterocycles. The number of halogens is 3. The second kappa shape index (κ2) is 5.51. The largest absolute Gasteiger partial charge is 0.416 e. The highest BCUT2D eigenvalue weighted by Gasteiger charge is 2.30. The molecule has 4 aromatic rings. The van der Waals surface area contributed by atoms with Gasteiger partial charge in [-0.05, 0) is 36.4 Å². The standard InChI is InChI=1S/C20H11F3N4/c21-20(22,23)14-5-1-12(2-6-14)16-10-19(25-11-24-16)27-15-7-3-13-4-8-18(27)26-17(13)9-15/h1-11H. The Labute approximate surface area is 152 Å². The van der Waals surface area contributed by atoms with E-state index >= 15 is 0 Å². The molecule has 0 atom stereocenters. The Morgan fingerprint density at radius 3 is 2.33 bits per heavy atom. The van der Waals surface area contributed by atoms with Crippen LogP contribution in [0.5, 0.6) is 0 Å². The van der Waals surface area contributed by atoms with Crippen molar-refractivity contribution < 1.29 is 13.2 Å². The van der Waals surface area contributed by atoms with Gasteiger partial charge in [0, 0.05) is 17.0 Å². The highest BCUT2D eigenvalue weighted by molar-refractivity contribution is 5.91. The Morgan fingerprint density at radius 2 is 1.56 bits per heavy atom. The summed E-state index contributed by atoms with van der Waals surface area (Å²) in [5.74, 6) is 1.34. The summed E-state index contributed by atoms with van der Waals surface area (Å²) < 4.78 is 38.3. The maximum atomic E-state index is 12.8. The van der Waals surface area contributed by atoms with Crippen LogP contribution < -0.4 is 4.90 Å². The van der Waals surface area contributed by atoms with Gasteiger partial charge in [-0.1, -0.05) is 18.2 Å². The summed E-state index contributed by atoms with van der Waals surface area (Å²) in [5.41, 5.74) is 2.28. The second-order valence-corrected chi connectivity index (χ2v) is 6.22. The van der Waals surface area contributed by atoms with Crippen molar-refractivity contribution in [1.82, 2.24) is 15.0 Å². The molecule has 0 unspecified atom stereocenters. The quantitative estimate of drug-likeness (QED) is 0.415. The molecule has 3 bridgehead atoms. The monoisotopic (exact) mass is 364 g/mol. The minimum atomic E-state index is -4.36. The number of nitrogens with zero attached hydrogens (tertiary/aromatic N) is 4. The van der Waals surface area contributed by atoms with Gasteiger partial charge in [0.15, 0.2) is 0 Å². The van der Waals surface area contributed by atoms with E-state index in [1.165, 1.54) is 18.5 Å². The first-order valence-corrected chi connectivity index (χ1v) is 8.20. The minimum Gasteiger partial charge on any atom is -0.279 e. The van der Waals surface area contributed by atoms with Gasteiger partial charge in [0.25, 0.3) is 0 Å². The molecule has 3 heterocycles. The molecule has 132 valence electrons. The smallest absolute Gasteiger partial charge is 0.279 e. The molecule has 0 fully saturated rings. The van der Waals surface area contributed by atoms with Crippen molar-refractivity contribution >= 4 is 28.2 Å². The van der Waals surface area contributed by atoms with Gasteiger partial charge in [-0.15, -0.1) is 0 Å². The zero-order chi connectivity index (χ0) is 18.6. The van der Waals surface area contributed by atoms with Crippen LogP contribution in [0.1, 0.15) is 5.56 Å². The van der Waals surface area contributed by atoms with E-state index < -0.39 is 11.7 Å². The van der Waals surface area contributed by atoms with Crippen LogP contribution in [-0.4, -0.2) is 15.0 Å². The lowest BCUT2D eigenvalue weighted by atomic mass is 10.1. The first kappa shape index (κ1) is 15.7. The topological polar surface area (TPSA) is 41.9 Å². The maximum Gasteiger partial charge on any atom is 0.416 e. The third-order valence-corrected chi connectivity index (χ3v) is 4.54. The molecule has 0 amide bonds. The number of hydrogen-bond acceptors (Lipinski definition) is 4. The van der Waals surface area contributed by atoms with Gasteiger partial charge in [-0.3, -0.25) is 4.90 Å². The molecular formula is C20H11F3N4. The van der Waals surface area contributed by atoms with Crippen molar-refractivity contribution in [3.05, 3.63) is 72.6 Å². The van der Waals surface area contributed by atoms with Crippen LogP contribution >= 0.6 is 0 Å². The normalized spacial score (nSPS) is 12.9. The fraction of sp³-hybridized carbons (Fsp3) is 0.0500. The molecule has 7 heteroatoms. The SMILES string of the molecule is FC(F)(F)c1ccc(-c2cc(N3c4ccc5ccc3nc5c4)ncn2)cc1. The Kier molecular flexibility index (Phi) is 3.21. The van der Waals surface area contributed by atoms with Gasteiger partial charge < -0.3 is 0 Å². The van der Waals surface area contributed by atoms with Crippen molar-refractivity contribution in [1.29, 1.82) is 0 Å². The number of pyridine rings is 1. The Morgan fingerprint density at radius 1 is 0.778 bits per heavy atom. The molecule has 0 N–H and O–H groups in total. The molecule has 0 aliphatic carbocycles. The van der Waals surface area contributed by atoms with E-state index in [-0.39, 0.29) is 0 Å². The van der Waals surface area contributed by atoms with Gasteiger partial charge in [0.05, 0.1) is 22.5 Å². The van der Waals surface area contributed by atoms with Crippen LogP contribution in [0.15, 0.2) is 67.0 Å². The van der Waals surface area contributed by atoms with Crippen LogP contribution in [0.25, 0.3) is 22.2 Å². The Bertz CT molecular complexity index is 1130. The van der Waals surface area contributed by atoms with Crippen molar-refractivity contribution in [2.45, 2.75) is 6.18 Å². The lowest BCUT2D eigenvalue weighted by Gasteiger charge is -2.27. The van der Waals surface area contributed by atoms with E-state index in [0.29, 0.717) is 17.1 Å². The van der Waals surface area contributed by atoms with Gasteiger partial charge in [-0.2, -0.15) is 13.2 Å². The second-order valence-electron chi connectivity index (χ2n) is 6.22. The molecule has 1 aliphatic rings. The van der Waals surface area contributed by atoms with E-state index in [1.807, 2.05) is 35.2 Å². The van der Waals surface area contributed by atoms with Crippen molar-refractivity contribution in [3.63, 3.8) is 0 Å². The first-order chi connectivity index (χ1) is 13.0. The molecular weight excluding hydrogens is 353 g/mol. The minimum absolute atomic E-state index is 0.538. The first-order valence-electron chi connectivity index (χ1n) is 8.20. The average molecular weight is 364 g/mol. The molecule has 0 radical (unpaired) electrons. The number of hydrogen-bond donors (Lipinski definition) is 0. The summed E-state index contributed by atoms with van der Waals surface area (Å²) in [6.45, 7) is 0.